The third-order valence-corrected chi connectivity index (χ3v) is 4.28. The fourth-order valence-corrected chi connectivity index (χ4v) is 2.95. The quantitative estimate of drug-likeness (QED) is 0.393. The van der Waals surface area contributed by atoms with Crippen LogP contribution in [0.4, 0.5) is 5.69 Å². The highest BCUT2D eigenvalue weighted by atomic mass is 32.2. The summed E-state index contributed by atoms with van der Waals surface area (Å²) in [6, 6.07) is 12.1. The van der Waals surface area contributed by atoms with Gasteiger partial charge in [0.25, 0.3) is 0 Å². The molecule has 1 aromatic heterocycles. The highest BCUT2D eigenvalue weighted by Crippen LogP contribution is 2.23. The highest BCUT2D eigenvalue weighted by Gasteiger charge is 2.08. The third kappa shape index (κ3) is 4.54. The van der Waals surface area contributed by atoms with Gasteiger partial charge in [-0.25, -0.2) is 4.98 Å². The fraction of sp³-hybridized carbons (Fsp3) is 0.167. The minimum absolute atomic E-state index is 0.159. The summed E-state index contributed by atoms with van der Waals surface area (Å²) in [6.07, 6.45) is 0. The Hall–Kier alpha value is -3.00. The van der Waals surface area contributed by atoms with Crippen molar-refractivity contribution in [1.82, 2.24) is 9.97 Å². The van der Waals surface area contributed by atoms with Crippen molar-refractivity contribution in [1.29, 1.82) is 0 Å². The molecule has 1 heterocycles. The van der Waals surface area contributed by atoms with Gasteiger partial charge in [-0.1, -0.05) is 11.8 Å². The molecule has 0 aliphatic heterocycles. The Kier molecular flexibility index (Phi) is 5.43. The summed E-state index contributed by atoms with van der Waals surface area (Å²) in [6.45, 7) is 1.33. The van der Waals surface area contributed by atoms with Crippen molar-refractivity contribution < 1.29 is 19.1 Å². The number of amides is 1. The first-order valence-electron chi connectivity index (χ1n) is 7.78. The molecule has 3 rings (SSSR count). The predicted molar refractivity (Wildman–Crippen MR) is 99.8 cm³/mol. The summed E-state index contributed by atoms with van der Waals surface area (Å²) >= 11 is 1.31. The number of benzene rings is 2. The van der Waals surface area contributed by atoms with E-state index in [4.69, 9.17) is 9.47 Å². The van der Waals surface area contributed by atoms with Gasteiger partial charge in [0.1, 0.15) is 11.5 Å². The average molecular weight is 371 g/mol. The first-order chi connectivity index (χ1) is 12.5. The number of ether oxygens (including phenoxy) is 2. The van der Waals surface area contributed by atoms with Crippen molar-refractivity contribution in [3.05, 3.63) is 42.5 Å². The van der Waals surface area contributed by atoms with Gasteiger partial charge in [0.15, 0.2) is 5.16 Å². The first-order valence-corrected chi connectivity index (χ1v) is 8.77. The molecule has 7 nitrogen and oxygen atoms in total. The lowest BCUT2D eigenvalue weighted by atomic mass is 10.3. The maximum atomic E-state index is 12.1. The van der Waals surface area contributed by atoms with E-state index in [1.54, 1.807) is 31.4 Å². The molecule has 0 unspecified atom stereocenters. The van der Waals surface area contributed by atoms with Gasteiger partial charge in [-0.05, 0) is 36.4 Å². The van der Waals surface area contributed by atoms with Gasteiger partial charge in [0.2, 0.25) is 5.91 Å². The fourth-order valence-electron chi connectivity index (χ4n) is 2.26. The van der Waals surface area contributed by atoms with Crippen LogP contribution in [0.1, 0.15) is 6.92 Å². The monoisotopic (exact) mass is 371 g/mol. The zero-order valence-corrected chi connectivity index (χ0v) is 15.1. The molecule has 2 N–H and O–H groups in total. The number of aromatic nitrogens is 2. The molecular weight excluding hydrogens is 354 g/mol. The summed E-state index contributed by atoms with van der Waals surface area (Å²) in [5.41, 5.74) is 2.30. The van der Waals surface area contributed by atoms with Gasteiger partial charge in [-0.2, -0.15) is 0 Å². The molecule has 3 aromatic rings. The van der Waals surface area contributed by atoms with Gasteiger partial charge in [-0.3, -0.25) is 9.59 Å². The van der Waals surface area contributed by atoms with Crippen LogP contribution in [-0.2, 0) is 9.59 Å². The van der Waals surface area contributed by atoms with E-state index in [1.807, 2.05) is 18.2 Å². The van der Waals surface area contributed by atoms with Crippen molar-refractivity contribution in [3.8, 4) is 11.5 Å². The minimum atomic E-state index is -0.387. The molecule has 0 spiro atoms. The second-order valence-corrected chi connectivity index (χ2v) is 6.34. The number of aromatic amines is 1. The van der Waals surface area contributed by atoms with Crippen molar-refractivity contribution in [3.63, 3.8) is 0 Å². The molecular formula is C18H17N3O4S. The van der Waals surface area contributed by atoms with E-state index in [0.717, 1.165) is 16.8 Å². The lowest BCUT2D eigenvalue weighted by molar-refractivity contribution is -0.131. The van der Waals surface area contributed by atoms with E-state index >= 15 is 0 Å². The number of H-pyrrole nitrogens is 1. The van der Waals surface area contributed by atoms with Crippen molar-refractivity contribution >= 4 is 40.4 Å². The molecule has 0 bridgehead atoms. The second-order valence-electron chi connectivity index (χ2n) is 5.38. The van der Waals surface area contributed by atoms with Crippen LogP contribution in [0.2, 0.25) is 0 Å². The Balaban J connectivity index is 1.56. The number of nitrogens with one attached hydrogen (secondary N) is 2. The molecule has 134 valence electrons. The molecule has 0 saturated carbocycles. The Morgan fingerprint density at radius 1 is 1.15 bits per heavy atom. The van der Waals surface area contributed by atoms with Crippen molar-refractivity contribution in [2.45, 2.75) is 12.1 Å². The zero-order valence-electron chi connectivity index (χ0n) is 14.2. The molecule has 0 saturated heterocycles. The number of imidazole rings is 1. The number of anilines is 1. The van der Waals surface area contributed by atoms with E-state index < -0.39 is 0 Å². The average Bonchev–Trinajstić information content (AvgIpc) is 3.03. The maximum absolute atomic E-state index is 12.1. The highest BCUT2D eigenvalue weighted by molar-refractivity contribution is 7.99. The number of hydrogen-bond donors (Lipinski definition) is 2. The van der Waals surface area contributed by atoms with Gasteiger partial charge in [0.05, 0.1) is 23.9 Å². The van der Waals surface area contributed by atoms with Gasteiger partial charge < -0.3 is 19.8 Å². The third-order valence-electron chi connectivity index (χ3n) is 3.41. The Bertz CT molecular complexity index is 937. The van der Waals surface area contributed by atoms with Crippen LogP contribution in [0.3, 0.4) is 0 Å². The smallest absolute Gasteiger partial charge is 0.308 e. The van der Waals surface area contributed by atoms with E-state index in [2.05, 4.69) is 15.3 Å². The van der Waals surface area contributed by atoms with Crippen LogP contribution in [0.25, 0.3) is 11.0 Å². The van der Waals surface area contributed by atoms with Crippen LogP contribution >= 0.6 is 11.8 Å². The number of methoxy groups -OCH3 is 1. The standard InChI is InChI=1S/C18H17N3O4S/c1-11(22)25-13-5-3-12(4-6-13)19-17(23)10-26-18-20-15-8-7-14(24-2)9-16(15)21-18/h3-9H,10H2,1-2H3,(H,19,23)(H,20,21). The predicted octanol–water partition coefficient (Wildman–Crippen LogP) is 3.23. The van der Waals surface area contributed by atoms with Crippen LogP contribution < -0.4 is 14.8 Å². The summed E-state index contributed by atoms with van der Waals surface area (Å²) < 4.78 is 10.1. The van der Waals surface area contributed by atoms with Gasteiger partial charge in [-0.15, -0.1) is 0 Å². The summed E-state index contributed by atoms with van der Waals surface area (Å²) in [7, 11) is 1.61. The Morgan fingerprint density at radius 2 is 1.88 bits per heavy atom. The largest absolute Gasteiger partial charge is 0.497 e. The van der Waals surface area contributed by atoms with E-state index in [9.17, 15) is 9.59 Å². The van der Waals surface area contributed by atoms with E-state index in [1.165, 1.54) is 18.7 Å². The van der Waals surface area contributed by atoms with E-state index in [0.29, 0.717) is 16.6 Å². The number of thioether (sulfide) groups is 1. The summed E-state index contributed by atoms with van der Waals surface area (Å²) in [4.78, 5) is 30.6. The lowest BCUT2D eigenvalue weighted by Gasteiger charge is -2.05. The molecule has 8 heteroatoms. The number of carbonyl (C=O) groups excluding carboxylic acids is 2. The van der Waals surface area contributed by atoms with Crippen LogP contribution in [0.15, 0.2) is 47.6 Å². The maximum Gasteiger partial charge on any atom is 0.308 e. The summed E-state index contributed by atoms with van der Waals surface area (Å²) in [5.74, 6) is 0.841. The van der Waals surface area contributed by atoms with Gasteiger partial charge >= 0.3 is 5.97 Å². The zero-order chi connectivity index (χ0) is 18.5. The number of rotatable bonds is 6. The number of fused-ring (bicyclic) bond motifs is 1. The Labute approximate surface area is 154 Å². The molecule has 0 fully saturated rings. The van der Waals surface area contributed by atoms with Crippen molar-refractivity contribution in [2.24, 2.45) is 0 Å². The Morgan fingerprint density at radius 3 is 2.58 bits per heavy atom. The van der Waals surface area contributed by atoms with Gasteiger partial charge in [0, 0.05) is 18.7 Å². The minimum Gasteiger partial charge on any atom is -0.497 e. The lowest BCUT2D eigenvalue weighted by Crippen LogP contribution is -2.14. The topological polar surface area (TPSA) is 93.3 Å². The molecule has 2 aromatic carbocycles. The second kappa shape index (κ2) is 7.92. The summed E-state index contributed by atoms with van der Waals surface area (Å²) in [5, 5.41) is 3.44. The number of nitrogens with zero attached hydrogens (tertiary/aromatic N) is 1. The SMILES string of the molecule is COc1ccc2nc(SCC(=O)Nc3ccc(OC(C)=O)cc3)[nH]c2c1. The number of esters is 1. The molecule has 0 atom stereocenters. The van der Waals surface area contributed by atoms with Crippen LogP contribution in [-0.4, -0.2) is 34.7 Å². The first kappa shape index (κ1) is 17.8. The van der Waals surface area contributed by atoms with Crippen LogP contribution in [0, 0.1) is 0 Å². The normalized spacial score (nSPS) is 10.5. The van der Waals surface area contributed by atoms with E-state index in [-0.39, 0.29) is 17.6 Å². The molecule has 0 radical (unpaired) electrons. The molecule has 26 heavy (non-hydrogen) atoms. The molecule has 1 amide bonds. The number of hydrogen-bond acceptors (Lipinski definition) is 6. The van der Waals surface area contributed by atoms with Crippen molar-refractivity contribution in [2.75, 3.05) is 18.2 Å². The molecule has 0 aliphatic carbocycles. The van der Waals surface area contributed by atoms with Crippen LogP contribution in [0.5, 0.6) is 11.5 Å². The molecule has 0 aliphatic rings. The number of carbonyl (C=O) groups is 2.